The summed E-state index contributed by atoms with van der Waals surface area (Å²) in [6.45, 7) is 1.22. The Bertz CT molecular complexity index is 1360. The molecule has 5 rings (SSSR count). The summed E-state index contributed by atoms with van der Waals surface area (Å²) in [5, 5.41) is 5.71. The first-order chi connectivity index (χ1) is 17.4. The molecule has 0 spiro atoms. The summed E-state index contributed by atoms with van der Waals surface area (Å²) >= 11 is 0. The molecule has 0 aliphatic carbocycles. The van der Waals surface area contributed by atoms with Crippen LogP contribution in [0, 0.1) is 6.92 Å². The first-order valence-electron chi connectivity index (χ1n) is 11.2. The Morgan fingerprint density at radius 1 is 1.03 bits per heavy atom. The molecule has 0 bridgehead atoms. The van der Waals surface area contributed by atoms with Crippen molar-refractivity contribution in [3.8, 4) is 5.75 Å². The van der Waals surface area contributed by atoms with Crippen molar-refractivity contribution in [3.63, 3.8) is 0 Å². The zero-order valence-electron chi connectivity index (χ0n) is 19.6. The summed E-state index contributed by atoms with van der Waals surface area (Å²) in [5.74, 6) is -1.51. The highest BCUT2D eigenvalue weighted by molar-refractivity contribution is 6.53. The fraction of sp³-hybridized carbons (Fsp3) is 0.192. The van der Waals surface area contributed by atoms with Crippen LogP contribution in [-0.2, 0) is 14.4 Å². The molecule has 1 fully saturated rings. The zero-order chi connectivity index (χ0) is 25.4. The number of methoxy groups -OCH3 is 1. The van der Waals surface area contributed by atoms with Crippen LogP contribution >= 0.6 is 0 Å². The fourth-order valence-electron chi connectivity index (χ4n) is 4.17. The van der Waals surface area contributed by atoms with E-state index in [1.165, 1.54) is 11.3 Å². The molecule has 0 radical (unpaired) electrons. The molecule has 5 amide bonds. The van der Waals surface area contributed by atoms with E-state index in [0.717, 1.165) is 16.0 Å². The summed E-state index contributed by atoms with van der Waals surface area (Å²) in [6.07, 6.45) is 1.86. The molecule has 1 atom stereocenters. The summed E-state index contributed by atoms with van der Waals surface area (Å²) in [4.78, 5) is 53.0. The molecule has 0 unspecified atom stereocenters. The van der Waals surface area contributed by atoms with Gasteiger partial charge in [-0.15, -0.1) is 0 Å². The number of benzene rings is 2. The molecule has 182 valence electrons. The molecule has 3 heterocycles. The SMILES string of the molecule is COc1ccc(C2=NN(C(=O)CN3C(=O)C(=O)N(c4ccc(C)cc4)C3=O)[C@@H](c3ccco3)C2)cc1. The lowest BCUT2D eigenvalue weighted by Crippen LogP contribution is -2.42. The normalized spacial score (nSPS) is 17.7. The lowest BCUT2D eigenvalue weighted by molar-refractivity contribution is -0.143. The van der Waals surface area contributed by atoms with Gasteiger partial charge in [-0.25, -0.2) is 19.6 Å². The molecular weight excluding hydrogens is 464 g/mol. The molecule has 10 heteroatoms. The smallest absolute Gasteiger partial charge is 0.339 e. The Morgan fingerprint density at radius 2 is 1.75 bits per heavy atom. The van der Waals surface area contributed by atoms with Crippen molar-refractivity contribution in [2.75, 3.05) is 18.6 Å². The standard InChI is InChI=1S/C26H22N4O6/c1-16-5-9-18(10-6-16)29-25(33)24(32)28(26(29)34)15-23(31)30-21(22-4-3-13-36-22)14-20(27-30)17-7-11-19(35-2)12-8-17/h3-13,21H,14-15H2,1-2H3/t21-/m1/s1. The maximum atomic E-state index is 13.4. The third-order valence-corrected chi connectivity index (χ3v) is 6.10. The van der Waals surface area contributed by atoms with Crippen molar-refractivity contribution < 1.29 is 28.3 Å². The average Bonchev–Trinajstić information content (AvgIpc) is 3.62. The lowest BCUT2D eigenvalue weighted by atomic mass is 10.0. The van der Waals surface area contributed by atoms with Crippen molar-refractivity contribution in [3.05, 3.63) is 83.8 Å². The molecule has 2 aliphatic heterocycles. The van der Waals surface area contributed by atoms with Crippen LogP contribution in [0.25, 0.3) is 0 Å². The number of hydrogen-bond donors (Lipinski definition) is 0. The Morgan fingerprint density at radius 3 is 2.39 bits per heavy atom. The molecule has 2 aromatic carbocycles. The fourth-order valence-corrected chi connectivity index (χ4v) is 4.17. The molecule has 36 heavy (non-hydrogen) atoms. The van der Waals surface area contributed by atoms with Crippen LogP contribution in [0.3, 0.4) is 0 Å². The van der Waals surface area contributed by atoms with Gasteiger partial charge in [-0.2, -0.15) is 5.10 Å². The quantitative estimate of drug-likeness (QED) is 0.390. The molecule has 1 aromatic heterocycles. The highest BCUT2D eigenvalue weighted by Gasteiger charge is 2.47. The number of aryl methyl sites for hydroxylation is 1. The van der Waals surface area contributed by atoms with E-state index in [9.17, 15) is 19.2 Å². The topological polar surface area (TPSA) is 113 Å². The number of carbonyl (C=O) groups excluding carboxylic acids is 4. The second kappa shape index (κ2) is 9.14. The lowest BCUT2D eigenvalue weighted by Gasteiger charge is -2.22. The Labute approximate surface area is 206 Å². The van der Waals surface area contributed by atoms with E-state index >= 15 is 0 Å². The number of ether oxygens (including phenoxy) is 1. The number of furan rings is 1. The number of urea groups is 1. The maximum absolute atomic E-state index is 13.4. The summed E-state index contributed by atoms with van der Waals surface area (Å²) < 4.78 is 10.7. The number of hydrogen-bond acceptors (Lipinski definition) is 7. The second-order valence-corrected chi connectivity index (χ2v) is 8.40. The van der Waals surface area contributed by atoms with Crippen LogP contribution in [0.15, 0.2) is 76.4 Å². The zero-order valence-corrected chi connectivity index (χ0v) is 19.6. The van der Waals surface area contributed by atoms with E-state index in [1.54, 1.807) is 55.6 Å². The maximum Gasteiger partial charge on any atom is 0.339 e. The van der Waals surface area contributed by atoms with Gasteiger partial charge in [0.15, 0.2) is 0 Å². The second-order valence-electron chi connectivity index (χ2n) is 8.40. The Kier molecular flexibility index (Phi) is 5.85. The number of nitrogens with zero attached hydrogens (tertiary/aromatic N) is 4. The van der Waals surface area contributed by atoms with Crippen LogP contribution in [0.4, 0.5) is 10.5 Å². The molecule has 0 N–H and O–H groups in total. The van der Waals surface area contributed by atoms with E-state index in [1.807, 2.05) is 19.1 Å². The number of imide groups is 2. The minimum absolute atomic E-state index is 0.258. The van der Waals surface area contributed by atoms with Gasteiger partial charge >= 0.3 is 17.8 Å². The predicted molar refractivity (Wildman–Crippen MR) is 128 cm³/mol. The van der Waals surface area contributed by atoms with Crippen LogP contribution < -0.4 is 9.64 Å². The van der Waals surface area contributed by atoms with E-state index in [2.05, 4.69) is 5.10 Å². The van der Waals surface area contributed by atoms with Crippen molar-refractivity contribution in [2.45, 2.75) is 19.4 Å². The van der Waals surface area contributed by atoms with Crippen LogP contribution in [-0.4, -0.2) is 53.0 Å². The van der Waals surface area contributed by atoms with E-state index in [4.69, 9.17) is 9.15 Å². The number of amides is 5. The molecular formula is C26H22N4O6. The highest BCUT2D eigenvalue weighted by Crippen LogP contribution is 2.34. The Hall–Kier alpha value is -4.73. The van der Waals surface area contributed by atoms with Gasteiger partial charge < -0.3 is 9.15 Å². The summed E-state index contributed by atoms with van der Waals surface area (Å²) in [6, 6.07) is 15.8. The molecule has 3 aromatic rings. The van der Waals surface area contributed by atoms with Crippen LogP contribution in [0.5, 0.6) is 5.75 Å². The minimum atomic E-state index is -1.07. The van der Waals surface area contributed by atoms with E-state index < -0.39 is 36.3 Å². The monoisotopic (exact) mass is 486 g/mol. The molecule has 1 saturated heterocycles. The number of carbonyl (C=O) groups is 4. The predicted octanol–water partition coefficient (Wildman–Crippen LogP) is 3.27. The highest BCUT2D eigenvalue weighted by atomic mass is 16.5. The number of anilines is 1. The van der Waals surface area contributed by atoms with Crippen LogP contribution in [0.1, 0.15) is 29.3 Å². The first-order valence-corrected chi connectivity index (χ1v) is 11.2. The molecule has 0 saturated carbocycles. The summed E-state index contributed by atoms with van der Waals surface area (Å²) in [5.41, 5.74) is 2.61. The molecule has 2 aliphatic rings. The average molecular weight is 486 g/mol. The van der Waals surface area contributed by atoms with E-state index in [0.29, 0.717) is 28.5 Å². The van der Waals surface area contributed by atoms with E-state index in [-0.39, 0.29) is 5.69 Å². The van der Waals surface area contributed by atoms with Gasteiger partial charge in [-0.1, -0.05) is 17.7 Å². The van der Waals surface area contributed by atoms with Gasteiger partial charge in [-0.05, 0) is 61.0 Å². The Balaban J connectivity index is 1.40. The number of rotatable bonds is 6. The van der Waals surface area contributed by atoms with Crippen molar-refractivity contribution in [1.29, 1.82) is 0 Å². The van der Waals surface area contributed by atoms with Gasteiger partial charge in [0, 0.05) is 6.42 Å². The molecule has 10 nitrogen and oxygen atoms in total. The van der Waals surface area contributed by atoms with Gasteiger partial charge in [0.05, 0.1) is 24.8 Å². The third-order valence-electron chi connectivity index (χ3n) is 6.10. The minimum Gasteiger partial charge on any atom is -0.497 e. The largest absolute Gasteiger partial charge is 0.497 e. The van der Waals surface area contributed by atoms with Gasteiger partial charge in [0.2, 0.25) is 0 Å². The van der Waals surface area contributed by atoms with Gasteiger partial charge in [-0.3, -0.25) is 14.4 Å². The van der Waals surface area contributed by atoms with Crippen molar-refractivity contribution >= 4 is 35.2 Å². The van der Waals surface area contributed by atoms with Crippen molar-refractivity contribution in [2.24, 2.45) is 5.10 Å². The number of hydrazone groups is 1. The van der Waals surface area contributed by atoms with Crippen molar-refractivity contribution in [1.82, 2.24) is 9.91 Å². The third kappa shape index (κ3) is 4.02. The first kappa shape index (κ1) is 23.0. The van der Waals surface area contributed by atoms with Crippen LogP contribution in [0.2, 0.25) is 0 Å². The van der Waals surface area contributed by atoms with Gasteiger partial charge in [0.25, 0.3) is 5.91 Å². The summed E-state index contributed by atoms with van der Waals surface area (Å²) in [7, 11) is 1.57. The van der Waals surface area contributed by atoms with Gasteiger partial charge in [0.1, 0.15) is 24.1 Å².